The third-order valence-electron chi connectivity index (χ3n) is 8.19. The number of halogens is 5. The van der Waals surface area contributed by atoms with Crippen molar-refractivity contribution in [1.29, 1.82) is 0 Å². The first-order chi connectivity index (χ1) is 18.7. The largest absolute Gasteiger partial charge is 0.416 e. The molecule has 0 amide bonds. The van der Waals surface area contributed by atoms with Gasteiger partial charge in [0.2, 0.25) is 0 Å². The van der Waals surface area contributed by atoms with Gasteiger partial charge < -0.3 is 9.42 Å². The molecule has 3 aromatic heterocycles. The summed E-state index contributed by atoms with van der Waals surface area (Å²) in [5.41, 5.74) is 3.27. The van der Waals surface area contributed by atoms with Crippen molar-refractivity contribution in [2.24, 2.45) is 5.41 Å². The lowest BCUT2D eigenvalue weighted by molar-refractivity contribution is -0.137. The number of allylic oxidation sites excluding steroid dienone is 2. The molecule has 10 heteroatoms. The Morgan fingerprint density at radius 2 is 1.67 bits per heavy atom. The lowest BCUT2D eigenvalue weighted by atomic mass is 9.63. The molecule has 0 N–H and O–H groups in total. The van der Waals surface area contributed by atoms with E-state index in [0.29, 0.717) is 43.9 Å². The quantitative estimate of drug-likeness (QED) is 0.246. The van der Waals surface area contributed by atoms with Crippen LogP contribution in [0.15, 0.2) is 53.3 Å². The summed E-state index contributed by atoms with van der Waals surface area (Å²) in [5.74, 6) is 1.99. The van der Waals surface area contributed by atoms with E-state index < -0.39 is 11.7 Å². The molecule has 1 aromatic carbocycles. The van der Waals surface area contributed by atoms with Gasteiger partial charge in [-0.1, -0.05) is 40.5 Å². The maximum atomic E-state index is 13.2. The van der Waals surface area contributed by atoms with E-state index >= 15 is 0 Å². The van der Waals surface area contributed by atoms with Crippen LogP contribution in [0.5, 0.6) is 0 Å². The Labute approximate surface area is 232 Å². The molecule has 7 rings (SSSR count). The number of aromatic nitrogens is 3. The lowest BCUT2D eigenvalue weighted by Gasteiger charge is -2.46. The Hall–Kier alpha value is -3.10. The van der Waals surface area contributed by atoms with Gasteiger partial charge in [-0.05, 0) is 67.4 Å². The molecule has 3 aliphatic rings. The summed E-state index contributed by atoms with van der Waals surface area (Å²) < 4.78 is 45.4. The van der Waals surface area contributed by atoms with Gasteiger partial charge >= 0.3 is 6.18 Å². The molecule has 0 radical (unpaired) electrons. The van der Waals surface area contributed by atoms with Crippen molar-refractivity contribution in [3.8, 4) is 11.3 Å². The Bertz CT molecular complexity index is 1620. The summed E-state index contributed by atoms with van der Waals surface area (Å²) >= 11 is 12.9. The fourth-order valence-corrected chi connectivity index (χ4v) is 6.43. The first kappa shape index (κ1) is 24.9. The summed E-state index contributed by atoms with van der Waals surface area (Å²) in [4.78, 5) is 10.8. The molecule has 0 atom stereocenters. The van der Waals surface area contributed by atoms with E-state index in [9.17, 15) is 13.2 Å². The van der Waals surface area contributed by atoms with Crippen LogP contribution >= 0.6 is 23.2 Å². The van der Waals surface area contributed by atoms with Crippen LogP contribution in [0.1, 0.15) is 54.9 Å². The van der Waals surface area contributed by atoms with Gasteiger partial charge in [0.05, 0.1) is 21.1 Å². The molecule has 39 heavy (non-hydrogen) atoms. The standard InChI is InChI=1S/C29H23Cl2F3N4O/c30-20-14-35-15-21(31)25(20)26-24(27(39-37-26)17-1-2-17)18-12-28(13-18)7-9-38(10-8-28)23-6-4-16-3-5-19(29(32,33)34)11-22(16)36-23/h3-6,11-12,14-15,17H,1-2,7-10,13H2. The molecule has 4 aromatic rings. The number of anilines is 1. The van der Waals surface area contributed by atoms with Crippen molar-refractivity contribution in [3.63, 3.8) is 0 Å². The summed E-state index contributed by atoms with van der Waals surface area (Å²) in [6.45, 7) is 1.55. The highest BCUT2D eigenvalue weighted by molar-refractivity contribution is 6.39. The Morgan fingerprint density at radius 1 is 0.974 bits per heavy atom. The van der Waals surface area contributed by atoms with Crippen LogP contribution in [0.4, 0.5) is 19.0 Å². The molecule has 0 unspecified atom stereocenters. The van der Waals surface area contributed by atoms with Gasteiger partial charge in [-0.2, -0.15) is 13.2 Å². The zero-order valence-corrected chi connectivity index (χ0v) is 22.2. The third-order valence-corrected chi connectivity index (χ3v) is 8.76. The highest BCUT2D eigenvalue weighted by Crippen LogP contribution is 2.56. The zero-order valence-electron chi connectivity index (χ0n) is 20.7. The molecular weight excluding hydrogens is 548 g/mol. The SMILES string of the molecule is FC(F)(F)c1ccc2ccc(N3CCC4(C=C(c5c(-c6c(Cl)cncc6Cl)noc5C5CC5)C4)CC3)nc2c1. The number of alkyl halides is 3. The van der Waals surface area contributed by atoms with Crippen molar-refractivity contribution < 1.29 is 17.7 Å². The van der Waals surface area contributed by atoms with Crippen molar-refractivity contribution in [2.45, 2.75) is 44.2 Å². The van der Waals surface area contributed by atoms with E-state index in [1.54, 1.807) is 12.4 Å². The number of piperidine rings is 1. The van der Waals surface area contributed by atoms with Crippen LogP contribution in [0.2, 0.25) is 10.0 Å². The Morgan fingerprint density at radius 3 is 2.33 bits per heavy atom. The second-order valence-electron chi connectivity index (χ2n) is 10.8. The third kappa shape index (κ3) is 4.38. The van der Waals surface area contributed by atoms with E-state index in [2.05, 4.69) is 26.1 Å². The second kappa shape index (κ2) is 8.96. The van der Waals surface area contributed by atoms with Crippen LogP contribution in [-0.4, -0.2) is 28.2 Å². The van der Waals surface area contributed by atoms with Crippen molar-refractivity contribution in [1.82, 2.24) is 15.1 Å². The summed E-state index contributed by atoms with van der Waals surface area (Å²) in [6, 6.07) is 7.43. The number of nitrogens with zero attached hydrogens (tertiary/aromatic N) is 4. The molecule has 0 bridgehead atoms. The van der Waals surface area contributed by atoms with E-state index in [1.165, 1.54) is 11.6 Å². The van der Waals surface area contributed by atoms with Gasteiger partial charge in [0.1, 0.15) is 17.3 Å². The minimum atomic E-state index is -4.39. The second-order valence-corrected chi connectivity index (χ2v) is 11.6. The predicted octanol–water partition coefficient (Wildman–Crippen LogP) is 8.56. The molecule has 2 aliphatic carbocycles. The van der Waals surface area contributed by atoms with Crippen molar-refractivity contribution in [2.75, 3.05) is 18.0 Å². The number of fused-ring (bicyclic) bond motifs is 1. The maximum Gasteiger partial charge on any atom is 0.416 e. The smallest absolute Gasteiger partial charge is 0.360 e. The van der Waals surface area contributed by atoms with Crippen LogP contribution < -0.4 is 4.90 Å². The Balaban J connectivity index is 1.13. The van der Waals surface area contributed by atoms with Gasteiger partial charge in [0, 0.05) is 47.9 Å². The van der Waals surface area contributed by atoms with Gasteiger partial charge in [0.15, 0.2) is 0 Å². The fraction of sp³-hybridized carbons (Fsp3) is 0.345. The monoisotopic (exact) mass is 570 g/mol. The zero-order chi connectivity index (χ0) is 26.9. The van der Waals surface area contributed by atoms with Crippen molar-refractivity contribution in [3.05, 3.63) is 75.7 Å². The van der Waals surface area contributed by atoms with Crippen LogP contribution in [0.25, 0.3) is 27.7 Å². The minimum absolute atomic E-state index is 0.0628. The average Bonchev–Trinajstić information content (AvgIpc) is 3.65. The van der Waals surface area contributed by atoms with E-state index in [0.717, 1.165) is 68.7 Å². The highest BCUT2D eigenvalue weighted by Gasteiger charge is 2.44. The highest BCUT2D eigenvalue weighted by atomic mass is 35.5. The summed E-state index contributed by atoms with van der Waals surface area (Å²) in [7, 11) is 0. The van der Waals surface area contributed by atoms with E-state index in [1.807, 2.05) is 12.1 Å². The van der Waals surface area contributed by atoms with Gasteiger partial charge in [-0.15, -0.1) is 0 Å². The van der Waals surface area contributed by atoms with Gasteiger partial charge in [0.25, 0.3) is 0 Å². The molecule has 1 spiro atoms. The maximum absolute atomic E-state index is 13.2. The number of pyridine rings is 2. The van der Waals surface area contributed by atoms with Crippen LogP contribution in [0, 0.1) is 5.41 Å². The molecular formula is C29H23Cl2F3N4O. The minimum Gasteiger partial charge on any atom is -0.360 e. The molecule has 200 valence electrons. The Kier molecular flexibility index (Phi) is 5.72. The van der Waals surface area contributed by atoms with Gasteiger partial charge in [-0.25, -0.2) is 4.98 Å². The normalized spacial score (nSPS) is 18.9. The fourth-order valence-electron chi connectivity index (χ4n) is 5.89. The average molecular weight is 571 g/mol. The summed E-state index contributed by atoms with van der Waals surface area (Å²) in [5, 5.41) is 5.97. The van der Waals surface area contributed by atoms with Crippen molar-refractivity contribution >= 4 is 45.5 Å². The first-order valence-corrected chi connectivity index (χ1v) is 13.7. The number of hydrogen-bond donors (Lipinski definition) is 0. The molecule has 4 heterocycles. The molecule has 2 fully saturated rings. The molecule has 1 saturated carbocycles. The number of benzene rings is 1. The first-order valence-electron chi connectivity index (χ1n) is 12.9. The number of rotatable bonds is 4. The van der Waals surface area contributed by atoms with E-state index in [-0.39, 0.29) is 5.41 Å². The molecule has 1 saturated heterocycles. The number of hydrogen-bond acceptors (Lipinski definition) is 5. The molecule has 5 nitrogen and oxygen atoms in total. The topological polar surface area (TPSA) is 55.1 Å². The van der Waals surface area contributed by atoms with Gasteiger partial charge in [-0.3, -0.25) is 4.98 Å². The van der Waals surface area contributed by atoms with E-state index in [4.69, 9.17) is 27.7 Å². The van der Waals surface area contributed by atoms with Crippen LogP contribution in [0.3, 0.4) is 0 Å². The van der Waals surface area contributed by atoms with Crippen LogP contribution in [-0.2, 0) is 6.18 Å². The summed E-state index contributed by atoms with van der Waals surface area (Å²) in [6.07, 6.45) is 5.99. The predicted molar refractivity (Wildman–Crippen MR) is 145 cm³/mol. The molecule has 1 aliphatic heterocycles. The lowest BCUT2D eigenvalue weighted by Crippen LogP contribution is -2.42.